The first-order valence-electron chi connectivity index (χ1n) is 10.2. The first-order chi connectivity index (χ1) is 15.4. The van der Waals surface area contributed by atoms with Crippen LogP contribution < -0.4 is 20.1 Å². The lowest BCUT2D eigenvalue weighted by Crippen LogP contribution is -2.31. The number of carbonyl (C=O) groups excluding carboxylic acids is 1. The molecular formula is C23H24BrN5O3. The Kier molecular flexibility index (Phi) is 6.18. The van der Waals surface area contributed by atoms with Crippen LogP contribution in [0.3, 0.4) is 0 Å². The third-order valence-electron chi connectivity index (χ3n) is 5.28. The maximum Gasteiger partial charge on any atom is 0.255 e. The quantitative estimate of drug-likeness (QED) is 0.513. The van der Waals surface area contributed by atoms with E-state index in [2.05, 4.69) is 36.6 Å². The van der Waals surface area contributed by atoms with Crippen molar-refractivity contribution < 1.29 is 14.3 Å². The highest BCUT2D eigenvalue weighted by Crippen LogP contribution is 2.42. The molecule has 9 heteroatoms. The van der Waals surface area contributed by atoms with Gasteiger partial charge in [0.1, 0.15) is 12.4 Å². The number of hydrogen-bond acceptors (Lipinski definition) is 6. The number of para-hydroxylation sites is 1. The van der Waals surface area contributed by atoms with Crippen LogP contribution in [0.5, 0.6) is 11.5 Å². The predicted octanol–water partition coefficient (Wildman–Crippen LogP) is 4.68. The second-order valence-electron chi connectivity index (χ2n) is 7.33. The molecule has 1 amide bonds. The van der Waals surface area contributed by atoms with E-state index in [1.54, 1.807) is 11.8 Å². The minimum absolute atomic E-state index is 0.222. The maximum absolute atomic E-state index is 13.5. The van der Waals surface area contributed by atoms with Crippen molar-refractivity contribution in [3.63, 3.8) is 0 Å². The van der Waals surface area contributed by atoms with Crippen LogP contribution in [-0.4, -0.2) is 34.4 Å². The number of halogens is 1. The summed E-state index contributed by atoms with van der Waals surface area (Å²) in [5, 5.41) is 10.6. The van der Waals surface area contributed by atoms with Gasteiger partial charge in [0.25, 0.3) is 5.91 Å². The Bertz CT molecular complexity index is 1200. The topological polar surface area (TPSA) is 90.3 Å². The zero-order valence-electron chi connectivity index (χ0n) is 18.3. The Labute approximate surface area is 194 Å². The van der Waals surface area contributed by atoms with Gasteiger partial charge in [0, 0.05) is 11.4 Å². The Balaban J connectivity index is 1.83. The molecular weight excluding hydrogens is 474 g/mol. The summed E-state index contributed by atoms with van der Waals surface area (Å²) in [5.41, 5.74) is 3.78. The van der Waals surface area contributed by atoms with Gasteiger partial charge in [0.15, 0.2) is 11.5 Å². The molecule has 8 nitrogen and oxygen atoms in total. The second-order valence-corrected chi connectivity index (χ2v) is 8.18. The molecule has 2 aromatic carbocycles. The van der Waals surface area contributed by atoms with Gasteiger partial charge in [-0.2, -0.15) is 10.1 Å². The number of nitrogens with one attached hydrogen (secondary N) is 2. The molecule has 1 aliphatic heterocycles. The highest BCUT2D eigenvalue weighted by atomic mass is 79.9. The van der Waals surface area contributed by atoms with Gasteiger partial charge in [-0.1, -0.05) is 18.2 Å². The zero-order chi connectivity index (χ0) is 22.8. The fourth-order valence-electron chi connectivity index (χ4n) is 3.80. The molecule has 1 atom stereocenters. The SMILES string of the molecule is CCOc1cc(C2C(C(=O)Nc3ccccc3C)=C(C)Nc3ncnn32)cc(Br)c1OC. The van der Waals surface area contributed by atoms with E-state index in [9.17, 15) is 4.79 Å². The van der Waals surface area contributed by atoms with Crippen molar-refractivity contribution in [1.82, 2.24) is 14.8 Å². The number of hydrogen-bond donors (Lipinski definition) is 2. The van der Waals surface area contributed by atoms with Crippen molar-refractivity contribution in [3.05, 3.63) is 69.6 Å². The van der Waals surface area contributed by atoms with Crippen molar-refractivity contribution in [1.29, 1.82) is 0 Å². The molecule has 32 heavy (non-hydrogen) atoms. The maximum atomic E-state index is 13.5. The average molecular weight is 498 g/mol. The lowest BCUT2D eigenvalue weighted by atomic mass is 9.94. The van der Waals surface area contributed by atoms with Gasteiger partial charge in [0.05, 0.1) is 23.8 Å². The first-order valence-corrected chi connectivity index (χ1v) is 11.0. The molecule has 1 aromatic heterocycles. The molecule has 0 aliphatic carbocycles. The van der Waals surface area contributed by atoms with Crippen molar-refractivity contribution in [3.8, 4) is 11.5 Å². The molecule has 4 rings (SSSR count). The second kappa shape index (κ2) is 9.04. The van der Waals surface area contributed by atoms with Crippen LogP contribution in [0.1, 0.15) is 31.0 Å². The summed E-state index contributed by atoms with van der Waals surface area (Å²) in [4.78, 5) is 17.8. The number of ether oxygens (including phenoxy) is 2. The number of methoxy groups -OCH3 is 1. The summed E-state index contributed by atoms with van der Waals surface area (Å²) in [7, 11) is 1.59. The van der Waals surface area contributed by atoms with E-state index >= 15 is 0 Å². The number of allylic oxidation sites excluding steroid dienone is 1. The number of anilines is 2. The fraction of sp³-hybridized carbons (Fsp3) is 0.261. The monoisotopic (exact) mass is 497 g/mol. The van der Waals surface area contributed by atoms with Crippen LogP contribution >= 0.6 is 15.9 Å². The smallest absolute Gasteiger partial charge is 0.255 e. The van der Waals surface area contributed by atoms with Crippen molar-refractivity contribution in [2.45, 2.75) is 26.8 Å². The van der Waals surface area contributed by atoms with Crippen LogP contribution in [0.2, 0.25) is 0 Å². The minimum atomic E-state index is -0.515. The minimum Gasteiger partial charge on any atom is -0.492 e. The zero-order valence-corrected chi connectivity index (χ0v) is 19.9. The van der Waals surface area contributed by atoms with Crippen molar-refractivity contribution in [2.75, 3.05) is 24.4 Å². The molecule has 3 aromatic rings. The van der Waals surface area contributed by atoms with E-state index in [1.807, 2.05) is 57.2 Å². The lowest BCUT2D eigenvalue weighted by Gasteiger charge is -2.29. The summed E-state index contributed by atoms with van der Waals surface area (Å²) < 4.78 is 13.7. The lowest BCUT2D eigenvalue weighted by molar-refractivity contribution is -0.113. The van der Waals surface area contributed by atoms with Crippen molar-refractivity contribution in [2.24, 2.45) is 0 Å². The average Bonchev–Trinajstić information content (AvgIpc) is 3.22. The van der Waals surface area contributed by atoms with Crippen LogP contribution in [0.15, 0.2) is 58.5 Å². The van der Waals surface area contributed by atoms with Gasteiger partial charge in [-0.25, -0.2) is 4.68 Å². The van der Waals surface area contributed by atoms with Gasteiger partial charge in [-0.3, -0.25) is 4.79 Å². The third kappa shape index (κ3) is 3.95. The first kappa shape index (κ1) is 21.9. The molecule has 0 bridgehead atoms. The fourth-order valence-corrected chi connectivity index (χ4v) is 4.42. The van der Waals surface area contributed by atoms with E-state index in [0.717, 1.165) is 21.3 Å². The molecule has 2 heterocycles. The van der Waals surface area contributed by atoms with E-state index in [-0.39, 0.29) is 5.91 Å². The predicted molar refractivity (Wildman–Crippen MR) is 126 cm³/mol. The number of aromatic nitrogens is 3. The molecule has 2 N–H and O–H groups in total. The van der Waals surface area contributed by atoms with E-state index in [1.165, 1.54) is 6.33 Å². The highest BCUT2D eigenvalue weighted by Gasteiger charge is 2.34. The van der Waals surface area contributed by atoms with Crippen molar-refractivity contribution >= 4 is 33.5 Å². The molecule has 0 saturated carbocycles. The molecule has 0 saturated heterocycles. The number of rotatable bonds is 6. The highest BCUT2D eigenvalue weighted by molar-refractivity contribution is 9.10. The Hall–Kier alpha value is -3.33. The number of carbonyl (C=O) groups is 1. The molecule has 0 spiro atoms. The summed E-state index contributed by atoms with van der Waals surface area (Å²) in [6.45, 7) is 6.20. The Morgan fingerprint density at radius 2 is 2.06 bits per heavy atom. The molecule has 0 radical (unpaired) electrons. The van der Waals surface area contributed by atoms with Gasteiger partial charge < -0.3 is 20.1 Å². The van der Waals surface area contributed by atoms with E-state index < -0.39 is 6.04 Å². The van der Waals surface area contributed by atoms with E-state index in [0.29, 0.717) is 35.3 Å². The number of fused-ring (bicyclic) bond motifs is 1. The van der Waals surface area contributed by atoms with Gasteiger partial charge in [-0.05, 0) is 66.0 Å². The number of nitrogens with zero attached hydrogens (tertiary/aromatic N) is 3. The number of amides is 1. The summed E-state index contributed by atoms with van der Waals surface area (Å²) in [6.07, 6.45) is 1.47. The molecule has 0 fully saturated rings. The van der Waals surface area contributed by atoms with Crippen LogP contribution in [0.4, 0.5) is 11.6 Å². The van der Waals surface area contributed by atoms with Gasteiger partial charge in [-0.15, -0.1) is 0 Å². The van der Waals surface area contributed by atoms with Crippen LogP contribution in [0.25, 0.3) is 0 Å². The third-order valence-corrected chi connectivity index (χ3v) is 5.87. The van der Waals surface area contributed by atoms with Gasteiger partial charge in [0.2, 0.25) is 5.95 Å². The van der Waals surface area contributed by atoms with E-state index in [4.69, 9.17) is 9.47 Å². The largest absolute Gasteiger partial charge is 0.492 e. The summed E-state index contributed by atoms with van der Waals surface area (Å²) in [5.74, 6) is 1.51. The standard InChI is InChI=1S/C23H24BrN5O3/c1-5-32-18-11-15(10-16(24)21(18)31-4)20-19(14(3)27-23-25-12-26-29(20)23)22(30)28-17-9-7-6-8-13(17)2/h6-12,20H,5H2,1-4H3,(H,28,30)(H,25,26,27). The Morgan fingerprint density at radius 3 is 2.78 bits per heavy atom. The summed E-state index contributed by atoms with van der Waals surface area (Å²) >= 11 is 3.58. The van der Waals surface area contributed by atoms with Gasteiger partial charge >= 0.3 is 0 Å². The molecule has 166 valence electrons. The summed E-state index contributed by atoms with van der Waals surface area (Å²) in [6, 6.07) is 10.9. The number of aryl methyl sites for hydroxylation is 1. The molecule has 1 aliphatic rings. The van der Waals surface area contributed by atoms with Crippen LogP contribution in [0, 0.1) is 6.92 Å². The van der Waals surface area contributed by atoms with Crippen LogP contribution in [-0.2, 0) is 4.79 Å². The normalized spacial score (nSPS) is 15.1. The number of benzene rings is 2. The Morgan fingerprint density at radius 1 is 1.28 bits per heavy atom. The molecule has 1 unspecified atom stereocenters.